The summed E-state index contributed by atoms with van der Waals surface area (Å²) in [5, 5.41) is 0. The molecule has 1 aromatic heterocycles. The summed E-state index contributed by atoms with van der Waals surface area (Å²) in [5.41, 5.74) is 15.5. The van der Waals surface area contributed by atoms with Crippen molar-refractivity contribution in [2.45, 2.75) is 72.6 Å². The van der Waals surface area contributed by atoms with E-state index < -0.39 is 0 Å². The number of aryl methyl sites for hydroxylation is 2. The number of hydrogen-bond donors (Lipinski definition) is 0. The van der Waals surface area contributed by atoms with Crippen molar-refractivity contribution in [2.75, 3.05) is 0 Å². The number of nitrogens with zero attached hydrogens (tertiary/aromatic N) is 2. The molecule has 0 bridgehead atoms. The van der Waals surface area contributed by atoms with Crippen LogP contribution in [-0.2, 0) is 12.5 Å². The summed E-state index contributed by atoms with van der Waals surface area (Å²) in [6.07, 6.45) is 0. The molecule has 0 spiro atoms. The molecule has 0 amide bonds. The first-order valence-corrected chi connectivity index (χ1v) is 16.4. The van der Waals surface area contributed by atoms with E-state index in [1.54, 1.807) is 0 Å². The largest absolute Gasteiger partial charge is 0.295 e. The van der Waals surface area contributed by atoms with Gasteiger partial charge in [0.2, 0.25) is 0 Å². The molecule has 0 fully saturated rings. The van der Waals surface area contributed by atoms with Gasteiger partial charge in [-0.25, -0.2) is 4.57 Å². The molecule has 6 aromatic rings. The fraction of sp³-hybridized carbons (Fsp3) is 0.279. The van der Waals surface area contributed by atoms with Gasteiger partial charge in [-0.1, -0.05) is 121 Å². The van der Waals surface area contributed by atoms with Gasteiger partial charge in [0.1, 0.15) is 5.69 Å². The van der Waals surface area contributed by atoms with Gasteiger partial charge >= 0.3 is 0 Å². The number of hydrogen-bond acceptors (Lipinski definition) is 0. The van der Waals surface area contributed by atoms with Gasteiger partial charge in [-0.2, -0.15) is 4.57 Å². The maximum absolute atomic E-state index is 2.58. The zero-order valence-corrected chi connectivity index (χ0v) is 28.4. The van der Waals surface area contributed by atoms with Crippen LogP contribution in [-0.4, -0.2) is 4.57 Å². The third-order valence-corrected chi connectivity index (χ3v) is 9.30. The first-order chi connectivity index (χ1) is 21.5. The molecular formula is C43H47N2+. The third kappa shape index (κ3) is 5.63. The minimum atomic E-state index is 0.0435. The van der Waals surface area contributed by atoms with E-state index in [0.29, 0.717) is 11.8 Å². The van der Waals surface area contributed by atoms with Gasteiger partial charge in [-0.05, 0) is 94.0 Å². The fourth-order valence-corrected chi connectivity index (χ4v) is 6.64. The lowest BCUT2D eigenvalue weighted by molar-refractivity contribution is -0.633. The van der Waals surface area contributed by atoms with Gasteiger partial charge in [0.05, 0.1) is 12.6 Å². The Morgan fingerprint density at radius 1 is 0.600 bits per heavy atom. The van der Waals surface area contributed by atoms with Crippen LogP contribution in [0.25, 0.3) is 50.4 Å². The van der Waals surface area contributed by atoms with E-state index in [2.05, 4.69) is 181 Å². The first kappa shape index (κ1) is 30.6. The van der Waals surface area contributed by atoms with Crippen molar-refractivity contribution in [3.8, 4) is 39.3 Å². The highest BCUT2D eigenvalue weighted by molar-refractivity contribution is 5.86. The van der Waals surface area contributed by atoms with Crippen LogP contribution in [0.3, 0.4) is 0 Å². The lowest BCUT2D eigenvalue weighted by Crippen LogP contribution is -2.31. The molecule has 0 aliphatic heterocycles. The molecular weight excluding hydrogens is 544 g/mol. The third-order valence-electron chi connectivity index (χ3n) is 9.30. The normalized spacial score (nSPS) is 12.1. The van der Waals surface area contributed by atoms with Crippen molar-refractivity contribution < 1.29 is 4.57 Å². The predicted octanol–water partition coefficient (Wildman–Crippen LogP) is 11.3. The summed E-state index contributed by atoms with van der Waals surface area (Å²) in [6, 6.07) is 40.5. The fourth-order valence-electron chi connectivity index (χ4n) is 6.64. The monoisotopic (exact) mass is 591 g/mol. The topological polar surface area (TPSA) is 8.81 Å². The van der Waals surface area contributed by atoms with E-state index in [-0.39, 0.29) is 5.41 Å². The van der Waals surface area contributed by atoms with Crippen LogP contribution in [0.4, 0.5) is 0 Å². The van der Waals surface area contributed by atoms with Crippen LogP contribution in [0.5, 0.6) is 0 Å². The molecule has 45 heavy (non-hydrogen) atoms. The molecule has 0 saturated carbocycles. The first-order valence-electron chi connectivity index (χ1n) is 16.4. The Balaban J connectivity index is 1.76. The second-order valence-corrected chi connectivity index (χ2v) is 14.2. The van der Waals surface area contributed by atoms with Gasteiger partial charge < -0.3 is 0 Å². The van der Waals surface area contributed by atoms with Crippen molar-refractivity contribution in [1.29, 1.82) is 0 Å². The SMILES string of the molecule is Cc1ccc(C(C)(C)C)cc1-c1n(-c2c(C(C)C)cc(-c3ccccc3)cc2C(C)C)c2ccc(-c3ccccc3)cc2[n+]1C. The molecule has 0 N–H and O–H groups in total. The second kappa shape index (κ2) is 11.8. The molecule has 0 saturated heterocycles. The maximum Gasteiger partial charge on any atom is 0.295 e. The van der Waals surface area contributed by atoms with E-state index in [4.69, 9.17) is 0 Å². The summed E-state index contributed by atoms with van der Waals surface area (Å²) >= 11 is 0. The van der Waals surface area contributed by atoms with E-state index in [9.17, 15) is 0 Å². The van der Waals surface area contributed by atoms with E-state index >= 15 is 0 Å². The average Bonchev–Trinajstić information content (AvgIpc) is 3.31. The molecule has 5 aromatic carbocycles. The van der Waals surface area contributed by atoms with Gasteiger partial charge in [-0.15, -0.1) is 0 Å². The van der Waals surface area contributed by atoms with Crippen LogP contribution < -0.4 is 4.57 Å². The zero-order chi connectivity index (χ0) is 32.0. The van der Waals surface area contributed by atoms with Crippen LogP contribution >= 0.6 is 0 Å². The highest BCUT2D eigenvalue weighted by atomic mass is 15.2. The Bertz CT molecular complexity index is 1960. The predicted molar refractivity (Wildman–Crippen MR) is 192 cm³/mol. The summed E-state index contributed by atoms with van der Waals surface area (Å²) in [6.45, 7) is 18.5. The van der Waals surface area contributed by atoms with E-state index in [0.717, 1.165) is 0 Å². The summed E-state index contributed by atoms with van der Waals surface area (Å²) in [7, 11) is 2.24. The minimum absolute atomic E-state index is 0.0435. The molecule has 2 nitrogen and oxygen atoms in total. The van der Waals surface area contributed by atoms with Crippen LogP contribution in [0.1, 0.15) is 82.6 Å². The highest BCUT2D eigenvalue weighted by Crippen LogP contribution is 2.41. The molecule has 6 rings (SSSR count). The summed E-state index contributed by atoms with van der Waals surface area (Å²) in [4.78, 5) is 0. The van der Waals surface area contributed by atoms with Crippen molar-refractivity contribution in [1.82, 2.24) is 4.57 Å². The standard InChI is InChI=1S/C43H47N2/c1-28(2)36-24-34(32-18-14-11-15-19-32)25-37(29(3)4)41(36)45-39-23-21-33(31-16-12-10-13-17-31)26-40(39)44(9)42(45)38-27-35(43(6,7)8)22-20-30(38)5/h10-29H,1-9H3/q+1. The van der Waals surface area contributed by atoms with Crippen molar-refractivity contribution >= 4 is 11.0 Å². The molecule has 0 aliphatic rings. The smallest absolute Gasteiger partial charge is 0.225 e. The highest BCUT2D eigenvalue weighted by Gasteiger charge is 2.33. The zero-order valence-electron chi connectivity index (χ0n) is 28.4. The van der Waals surface area contributed by atoms with Gasteiger partial charge in [0.25, 0.3) is 5.82 Å². The van der Waals surface area contributed by atoms with E-state index in [1.807, 2.05) is 0 Å². The number of benzene rings is 5. The average molecular weight is 592 g/mol. The van der Waals surface area contributed by atoms with E-state index in [1.165, 1.54) is 72.6 Å². The second-order valence-electron chi connectivity index (χ2n) is 14.2. The van der Waals surface area contributed by atoms with Crippen LogP contribution in [0.2, 0.25) is 0 Å². The van der Waals surface area contributed by atoms with Gasteiger partial charge in [-0.3, -0.25) is 0 Å². The van der Waals surface area contributed by atoms with Crippen LogP contribution in [0.15, 0.2) is 109 Å². The maximum atomic E-state index is 2.58. The number of fused-ring (bicyclic) bond motifs is 1. The number of rotatable bonds is 6. The Morgan fingerprint density at radius 2 is 1.16 bits per heavy atom. The minimum Gasteiger partial charge on any atom is -0.225 e. The Morgan fingerprint density at radius 3 is 1.69 bits per heavy atom. The summed E-state index contributed by atoms with van der Waals surface area (Å²) in [5.74, 6) is 1.89. The number of aromatic nitrogens is 2. The lowest BCUT2D eigenvalue weighted by atomic mass is 9.85. The Labute approximate surface area is 270 Å². The lowest BCUT2D eigenvalue weighted by Gasteiger charge is -2.22. The Hall–Kier alpha value is -4.43. The van der Waals surface area contributed by atoms with Crippen molar-refractivity contribution in [3.63, 3.8) is 0 Å². The molecule has 2 heteroatoms. The summed E-state index contributed by atoms with van der Waals surface area (Å²) < 4.78 is 5.01. The molecule has 0 aliphatic carbocycles. The van der Waals surface area contributed by atoms with Gasteiger partial charge in [0, 0.05) is 11.1 Å². The molecule has 1 heterocycles. The van der Waals surface area contributed by atoms with Crippen LogP contribution in [0, 0.1) is 6.92 Å². The molecule has 0 unspecified atom stereocenters. The molecule has 0 radical (unpaired) electrons. The van der Waals surface area contributed by atoms with Crippen molar-refractivity contribution in [2.24, 2.45) is 7.05 Å². The quantitative estimate of drug-likeness (QED) is 0.170. The molecule has 228 valence electrons. The van der Waals surface area contributed by atoms with Gasteiger partial charge in [0.15, 0.2) is 11.0 Å². The van der Waals surface area contributed by atoms with Crippen molar-refractivity contribution in [3.05, 3.63) is 131 Å². The Kier molecular flexibility index (Phi) is 8.04. The molecule has 0 atom stereocenters. The number of imidazole rings is 1.